The molecule has 1 atom stereocenters. The van der Waals surface area contributed by atoms with Crippen LogP contribution in [-0.4, -0.2) is 18.9 Å². The number of Topliss-reactive ketones (excluding diaryl/α,β-unsaturated/α-hetero) is 1. The van der Waals surface area contributed by atoms with Crippen LogP contribution in [0.1, 0.15) is 62.7 Å². The summed E-state index contributed by atoms with van der Waals surface area (Å²) in [6.07, 6.45) is 0. The molecule has 0 radical (unpaired) electrons. The third-order valence-corrected chi connectivity index (χ3v) is 6.45. The number of benzene rings is 4. The molecule has 0 spiro atoms. The average molecular weight is 495 g/mol. The Labute approximate surface area is 217 Å². The summed E-state index contributed by atoms with van der Waals surface area (Å²) >= 11 is 0. The van der Waals surface area contributed by atoms with Gasteiger partial charge in [0.15, 0.2) is 5.78 Å². The Morgan fingerprint density at radius 1 is 0.649 bits per heavy atom. The molecule has 0 aliphatic heterocycles. The van der Waals surface area contributed by atoms with Crippen LogP contribution in [0.15, 0.2) is 84.9 Å². The number of ether oxygens (including phenoxy) is 3. The van der Waals surface area contributed by atoms with Crippen LogP contribution in [0.25, 0.3) is 0 Å². The van der Waals surface area contributed by atoms with Gasteiger partial charge in [-0.15, -0.1) is 0 Å². The van der Waals surface area contributed by atoms with E-state index in [1.165, 1.54) is 23.6 Å². The van der Waals surface area contributed by atoms with Crippen LogP contribution in [0.4, 0.5) is 0 Å². The Hall–Kier alpha value is -4.38. The van der Waals surface area contributed by atoms with Crippen molar-refractivity contribution in [3.05, 3.63) is 118 Å². The maximum Gasteiger partial charge on any atom is 0.343 e. The second-order valence-electron chi connectivity index (χ2n) is 9.06. The van der Waals surface area contributed by atoms with Crippen molar-refractivity contribution in [3.8, 4) is 23.0 Å². The number of hydrogen-bond donors (Lipinski definition) is 0. The van der Waals surface area contributed by atoms with E-state index in [1.807, 2.05) is 37.3 Å². The second-order valence-corrected chi connectivity index (χ2v) is 9.06. The summed E-state index contributed by atoms with van der Waals surface area (Å²) in [6, 6.07) is 25.5. The summed E-state index contributed by atoms with van der Waals surface area (Å²) in [4.78, 5) is 24.1. The molecule has 0 saturated heterocycles. The maximum absolute atomic E-state index is 12.7. The zero-order valence-corrected chi connectivity index (χ0v) is 21.7. The zero-order valence-electron chi connectivity index (χ0n) is 21.7. The van der Waals surface area contributed by atoms with Crippen molar-refractivity contribution in [1.82, 2.24) is 0 Å². The number of rotatable bonds is 8. The molecule has 4 rings (SSSR count). The first kappa shape index (κ1) is 25.7. The van der Waals surface area contributed by atoms with E-state index < -0.39 is 5.97 Å². The van der Waals surface area contributed by atoms with Crippen molar-refractivity contribution < 1.29 is 23.8 Å². The molecular formula is C32H30O5. The highest BCUT2D eigenvalue weighted by Crippen LogP contribution is 2.32. The van der Waals surface area contributed by atoms with Gasteiger partial charge >= 0.3 is 5.97 Å². The normalized spacial score (nSPS) is 11.5. The van der Waals surface area contributed by atoms with Gasteiger partial charge < -0.3 is 14.2 Å². The van der Waals surface area contributed by atoms with Crippen molar-refractivity contribution in [2.45, 2.75) is 33.6 Å². The van der Waals surface area contributed by atoms with E-state index in [9.17, 15) is 9.59 Å². The van der Waals surface area contributed by atoms with Crippen LogP contribution < -0.4 is 14.2 Å². The molecule has 0 heterocycles. The molecule has 188 valence electrons. The molecular weight excluding hydrogens is 464 g/mol. The van der Waals surface area contributed by atoms with Gasteiger partial charge in [0.1, 0.15) is 23.0 Å². The third kappa shape index (κ3) is 6.07. The predicted molar refractivity (Wildman–Crippen MR) is 144 cm³/mol. The highest BCUT2D eigenvalue weighted by Gasteiger charge is 2.16. The molecule has 0 aliphatic carbocycles. The Bertz CT molecular complexity index is 1420. The highest BCUT2D eigenvalue weighted by atomic mass is 16.5. The maximum atomic E-state index is 12.7. The number of ketones is 1. The molecule has 0 saturated carbocycles. The average Bonchev–Trinajstić information content (AvgIpc) is 2.89. The van der Waals surface area contributed by atoms with E-state index in [4.69, 9.17) is 14.2 Å². The van der Waals surface area contributed by atoms with E-state index in [0.29, 0.717) is 28.4 Å². The topological polar surface area (TPSA) is 61.8 Å². The molecule has 37 heavy (non-hydrogen) atoms. The Kier molecular flexibility index (Phi) is 7.73. The minimum atomic E-state index is -0.441. The molecule has 4 aromatic rings. The van der Waals surface area contributed by atoms with Gasteiger partial charge in [0.05, 0.1) is 12.7 Å². The highest BCUT2D eigenvalue weighted by molar-refractivity contribution is 5.94. The van der Waals surface area contributed by atoms with E-state index in [-0.39, 0.29) is 11.7 Å². The smallest absolute Gasteiger partial charge is 0.343 e. The van der Waals surface area contributed by atoms with Gasteiger partial charge in [0, 0.05) is 11.5 Å². The van der Waals surface area contributed by atoms with Gasteiger partial charge in [-0.2, -0.15) is 0 Å². The van der Waals surface area contributed by atoms with Crippen molar-refractivity contribution in [3.63, 3.8) is 0 Å². The lowest BCUT2D eigenvalue weighted by atomic mass is 9.87. The van der Waals surface area contributed by atoms with Crippen LogP contribution in [0.3, 0.4) is 0 Å². The van der Waals surface area contributed by atoms with Crippen LogP contribution in [0, 0.1) is 13.8 Å². The first-order chi connectivity index (χ1) is 17.7. The van der Waals surface area contributed by atoms with Crippen LogP contribution in [0.2, 0.25) is 0 Å². The molecule has 0 fully saturated rings. The summed E-state index contributed by atoms with van der Waals surface area (Å²) in [5.41, 5.74) is 5.66. The largest absolute Gasteiger partial charge is 0.497 e. The van der Waals surface area contributed by atoms with Gasteiger partial charge in [0.2, 0.25) is 0 Å². The van der Waals surface area contributed by atoms with E-state index in [1.54, 1.807) is 55.6 Å². The quantitative estimate of drug-likeness (QED) is 0.143. The van der Waals surface area contributed by atoms with E-state index >= 15 is 0 Å². The summed E-state index contributed by atoms with van der Waals surface area (Å²) in [5, 5.41) is 0. The van der Waals surface area contributed by atoms with Crippen LogP contribution in [0.5, 0.6) is 23.0 Å². The monoisotopic (exact) mass is 494 g/mol. The first-order valence-electron chi connectivity index (χ1n) is 12.1. The Morgan fingerprint density at radius 2 is 1.11 bits per heavy atom. The second kappa shape index (κ2) is 11.1. The molecule has 1 unspecified atom stereocenters. The number of methoxy groups -OCH3 is 1. The van der Waals surface area contributed by atoms with Gasteiger partial charge in [-0.1, -0.05) is 19.1 Å². The summed E-state index contributed by atoms with van der Waals surface area (Å²) in [5.74, 6) is 2.27. The minimum Gasteiger partial charge on any atom is -0.497 e. The molecule has 5 heteroatoms. The van der Waals surface area contributed by atoms with Crippen LogP contribution >= 0.6 is 0 Å². The fourth-order valence-electron chi connectivity index (χ4n) is 4.34. The van der Waals surface area contributed by atoms with Gasteiger partial charge in [0.25, 0.3) is 0 Å². The SMILES string of the molecule is COc1ccc(C(C)c2ccc(OC(=O)c3ccc(Oc4ccc(C(C)=O)cc4)cc3)cc2C)c(C)c1. The van der Waals surface area contributed by atoms with Crippen LogP contribution in [-0.2, 0) is 0 Å². The predicted octanol–water partition coefficient (Wildman–Crippen LogP) is 7.68. The minimum absolute atomic E-state index is 0.00102. The molecule has 5 nitrogen and oxygen atoms in total. The lowest BCUT2D eigenvalue weighted by Gasteiger charge is -2.19. The van der Waals surface area contributed by atoms with Crippen molar-refractivity contribution in [2.24, 2.45) is 0 Å². The zero-order chi connectivity index (χ0) is 26.5. The molecule has 0 aliphatic rings. The van der Waals surface area contributed by atoms with E-state index in [0.717, 1.165) is 11.3 Å². The number of carbonyl (C=O) groups excluding carboxylic acids is 2. The Balaban J connectivity index is 1.41. The molecule has 4 aromatic carbocycles. The van der Waals surface area contributed by atoms with Crippen molar-refractivity contribution >= 4 is 11.8 Å². The van der Waals surface area contributed by atoms with E-state index in [2.05, 4.69) is 19.9 Å². The number of aryl methyl sites for hydroxylation is 2. The molecule has 0 amide bonds. The number of hydrogen-bond acceptors (Lipinski definition) is 5. The number of esters is 1. The van der Waals surface area contributed by atoms with Gasteiger partial charge in [-0.05, 0) is 116 Å². The van der Waals surface area contributed by atoms with Crippen molar-refractivity contribution in [1.29, 1.82) is 0 Å². The molecule has 0 bridgehead atoms. The Morgan fingerprint density at radius 3 is 1.59 bits per heavy atom. The lowest BCUT2D eigenvalue weighted by molar-refractivity contribution is 0.0734. The first-order valence-corrected chi connectivity index (χ1v) is 12.1. The van der Waals surface area contributed by atoms with Crippen molar-refractivity contribution in [2.75, 3.05) is 7.11 Å². The fraction of sp³-hybridized carbons (Fsp3) is 0.188. The summed E-state index contributed by atoms with van der Waals surface area (Å²) < 4.78 is 16.8. The van der Waals surface area contributed by atoms with Gasteiger partial charge in [-0.3, -0.25) is 4.79 Å². The molecule has 0 N–H and O–H groups in total. The lowest BCUT2D eigenvalue weighted by Crippen LogP contribution is -2.09. The fourth-order valence-corrected chi connectivity index (χ4v) is 4.34. The van der Waals surface area contributed by atoms with Gasteiger partial charge in [-0.25, -0.2) is 4.79 Å². The third-order valence-electron chi connectivity index (χ3n) is 6.45. The standard InChI is InChI=1S/C32H30O5/c1-20-18-28(35-5)14-16-30(20)22(3)31-17-15-29(19-21(31)2)37-32(34)25-8-12-27(13-9-25)36-26-10-6-24(7-11-26)23(4)33/h6-19,22H,1-5H3. The number of carbonyl (C=O) groups is 2. The summed E-state index contributed by atoms with van der Waals surface area (Å²) in [6.45, 7) is 7.80. The summed E-state index contributed by atoms with van der Waals surface area (Å²) in [7, 11) is 1.67. The molecule has 0 aromatic heterocycles.